The van der Waals surface area contributed by atoms with Gasteiger partial charge in [-0.05, 0) is 66.0 Å². The van der Waals surface area contributed by atoms with Crippen molar-refractivity contribution in [1.82, 2.24) is 9.97 Å². The molecule has 0 aliphatic carbocycles. The van der Waals surface area contributed by atoms with Crippen LogP contribution in [0.15, 0.2) is 60.9 Å². The number of fused-ring (bicyclic) bond motifs is 1. The smallest absolute Gasteiger partial charge is 0.159 e. The van der Waals surface area contributed by atoms with Gasteiger partial charge in [0, 0.05) is 23.3 Å². The zero-order chi connectivity index (χ0) is 23.9. The van der Waals surface area contributed by atoms with E-state index in [-0.39, 0.29) is 5.82 Å². The van der Waals surface area contributed by atoms with Gasteiger partial charge in [0.25, 0.3) is 0 Å². The molecule has 4 aromatic rings. The molecule has 0 atom stereocenters. The van der Waals surface area contributed by atoms with E-state index in [2.05, 4.69) is 16.9 Å². The van der Waals surface area contributed by atoms with Gasteiger partial charge < -0.3 is 0 Å². The van der Waals surface area contributed by atoms with Crippen LogP contribution in [0, 0.1) is 17.5 Å². The van der Waals surface area contributed by atoms with E-state index in [1.54, 1.807) is 12.1 Å². The number of benzene rings is 3. The van der Waals surface area contributed by atoms with Gasteiger partial charge in [-0.25, -0.2) is 23.1 Å². The summed E-state index contributed by atoms with van der Waals surface area (Å²) in [7, 11) is 0. The van der Waals surface area contributed by atoms with Gasteiger partial charge in [-0.15, -0.1) is 0 Å². The van der Waals surface area contributed by atoms with E-state index in [1.807, 2.05) is 30.6 Å². The van der Waals surface area contributed by atoms with Crippen molar-refractivity contribution in [1.29, 1.82) is 0 Å². The number of nitrogens with zero attached hydrogens (tertiary/aromatic N) is 2. The highest BCUT2D eigenvalue weighted by Crippen LogP contribution is 2.27. The van der Waals surface area contributed by atoms with Crippen LogP contribution in [0.1, 0.15) is 55.7 Å². The molecule has 3 aromatic carbocycles. The molecule has 4 rings (SSSR count). The molecule has 5 heteroatoms. The molecule has 0 unspecified atom stereocenters. The van der Waals surface area contributed by atoms with Crippen LogP contribution in [-0.2, 0) is 19.3 Å². The number of rotatable bonds is 10. The molecule has 0 bridgehead atoms. The Morgan fingerprint density at radius 2 is 1.47 bits per heavy atom. The van der Waals surface area contributed by atoms with Gasteiger partial charge in [-0.3, -0.25) is 0 Å². The van der Waals surface area contributed by atoms with E-state index in [1.165, 1.54) is 31.7 Å². The van der Waals surface area contributed by atoms with Crippen molar-refractivity contribution in [2.75, 3.05) is 0 Å². The molecule has 1 heterocycles. The summed E-state index contributed by atoms with van der Waals surface area (Å²) in [4.78, 5) is 9.05. The van der Waals surface area contributed by atoms with Crippen molar-refractivity contribution in [3.63, 3.8) is 0 Å². The molecule has 0 radical (unpaired) electrons. The Kier molecular flexibility index (Phi) is 7.94. The third-order valence-corrected chi connectivity index (χ3v) is 6.23. The van der Waals surface area contributed by atoms with Crippen molar-refractivity contribution in [2.45, 2.75) is 58.3 Å². The molecule has 0 aliphatic rings. The summed E-state index contributed by atoms with van der Waals surface area (Å²) in [5.74, 6) is -1.42. The van der Waals surface area contributed by atoms with Crippen molar-refractivity contribution in [3.05, 3.63) is 95.1 Å². The van der Waals surface area contributed by atoms with Crippen LogP contribution < -0.4 is 0 Å². The Morgan fingerprint density at radius 3 is 2.24 bits per heavy atom. The Labute approximate surface area is 198 Å². The van der Waals surface area contributed by atoms with E-state index in [0.29, 0.717) is 35.2 Å². The highest BCUT2D eigenvalue weighted by atomic mass is 19.2. The number of unbranched alkanes of at least 4 members (excludes halogenated alkanes) is 4. The second-order valence-corrected chi connectivity index (χ2v) is 8.80. The summed E-state index contributed by atoms with van der Waals surface area (Å²) < 4.78 is 41.7. The SMILES string of the molecule is CCCCCCCc1cnc(-c2ccc3c(F)c(CCc4ccc(F)c(F)c4)ccc3c2)nc1. The topological polar surface area (TPSA) is 25.8 Å². The van der Waals surface area contributed by atoms with Crippen LogP contribution in [0.3, 0.4) is 0 Å². The number of hydrogen-bond acceptors (Lipinski definition) is 2. The first-order valence-electron chi connectivity index (χ1n) is 12.0. The number of aromatic nitrogens is 2. The average molecular weight is 463 g/mol. The largest absolute Gasteiger partial charge is 0.236 e. The quantitative estimate of drug-likeness (QED) is 0.223. The highest BCUT2D eigenvalue weighted by Gasteiger charge is 2.11. The standard InChI is InChI=1S/C29H29F3N2/c1-2-3-4-5-6-7-21-18-33-29(34-19-21)24-13-14-25-23(17-24)12-11-22(28(25)32)10-8-20-9-15-26(30)27(31)16-20/h9,11-19H,2-8,10H2,1H3. The monoisotopic (exact) mass is 462 g/mol. The molecule has 1 aromatic heterocycles. The van der Waals surface area contributed by atoms with E-state index >= 15 is 4.39 Å². The fourth-order valence-corrected chi connectivity index (χ4v) is 4.21. The Morgan fingerprint density at radius 1 is 0.676 bits per heavy atom. The average Bonchev–Trinajstić information content (AvgIpc) is 2.86. The van der Waals surface area contributed by atoms with Crippen LogP contribution >= 0.6 is 0 Å². The van der Waals surface area contributed by atoms with Gasteiger partial charge in [0.05, 0.1) is 0 Å². The second kappa shape index (κ2) is 11.3. The van der Waals surface area contributed by atoms with Crippen molar-refractivity contribution < 1.29 is 13.2 Å². The molecular formula is C29H29F3N2. The van der Waals surface area contributed by atoms with E-state index in [9.17, 15) is 8.78 Å². The lowest BCUT2D eigenvalue weighted by atomic mass is 9.99. The second-order valence-electron chi connectivity index (χ2n) is 8.80. The minimum atomic E-state index is -0.883. The Bertz CT molecular complexity index is 1250. The van der Waals surface area contributed by atoms with Crippen LogP contribution in [-0.4, -0.2) is 9.97 Å². The third-order valence-electron chi connectivity index (χ3n) is 6.23. The maximum absolute atomic E-state index is 15.1. The highest BCUT2D eigenvalue weighted by molar-refractivity contribution is 5.87. The molecule has 0 aliphatic heterocycles. The lowest BCUT2D eigenvalue weighted by Crippen LogP contribution is -1.98. The molecule has 0 amide bonds. The summed E-state index contributed by atoms with van der Waals surface area (Å²) in [5.41, 5.74) is 3.16. The normalized spacial score (nSPS) is 11.3. The molecule has 0 saturated carbocycles. The summed E-state index contributed by atoms with van der Waals surface area (Å²) in [6.45, 7) is 2.21. The van der Waals surface area contributed by atoms with Crippen molar-refractivity contribution >= 4 is 10.8 Å². The lowest BCUT2D eigenvalue weighted by molar-refractivity contribution is 0.507. The molecule has 0 fully saturated rings. The van der Waals surface area contributed by atoms with Gasteiger partial charge >= 0.3 is 0 Å². The number of halogens is 3. The van der Waals surface area contributed by atoms with E-state index < -0.39 is 11.6 Å². The Balaban J connectivity index is 1.44. The first-order valence-corrected chi connectivity index (χ1v) is 12.0. The number of aryl methyl sites for hydroxylation is 3. The summed E-state index contributed by atoms with van der Waals surface area (Å²) in [5, 5.41) is 1.30. The van der Waals surface area contributed by atoms with Crippen molar-refractivity contribution in [2.24, 2.45) is 0 Å². The van der Waals surface area contributed by atoms with Crippen LogP contribution in [0.4, 0.5) is 13.2 Å². The molecule has 0 saturated heterocycles. The van der Waals surface area contributed by atoms with Crippen molar-refractivity contribution in [3.8, 4) is 11.4 Å². The fourth-order valence-electron chi connectivity index (χ4n) is 4.21. The summed E-state index contributed by atoms with van der Waals surface area (Å²) >= 11 is 0. The Hall–Kier alpha value is -3.21. The molecule has 34 heavy (non-hydrogen) atoms. The van der Waals surface area contributed by atoms with Crippen LogP contribution in [0.25, 0.3) is 22.2 Å². The fraction of sp³-hybridized carbons (Fsp3) is 0.310. The van der Waals surface area contributed by atoms with E-state index in [4.69, 9.17) is 0 Å². The van der Waals surface area contributed by atoms with Gasteiger partial charge in [-0.1, -0.05) is 62.9 Å². The molecule has 2 nitrogen and oxygen atoms in total. The third kappa shape index (κ3) is 5.82. The predicted molar refractivity (Wildman–Crippen MR) is 131 cm³/mol. The summed E-state index contributed by atoms with van der Waals surface area (Å²) in [6.07, 6.45) is 11.8. The van der Waals surface area contributed by atoms with Gasteiger partial charge in [0.1, 0.15) is 5.82 Å². The van der Waals surface area contributed by atoms with Gasteiger partial charge in [0.15, 0.2) is 17.5 Å². The lowest BCUT2D eigenvalue weighted by Gasteiger charge is -2.09. The van der Waals surface area contributed by atoms with Gasteiger partial charge in [0.2, 0.25) is 0 Å². The number of hydrogen-bond donors (Lipinski definition) is 0. The summed E-state index contributed by atoms with van der Waals surface area (Å²) in [6, 6.07) is 12.9. The first kappa shape index (κ1) is 23.9. The van der Waals surface area contributed by atoms with Crippen LogP contribution in [0.5, 0.6) is 0 Å². The predicted octanol–water partition coefficient (Wildman–Crippen LogP) is 8.01. The zero-order valence-electron chi connectivity index (χ0n) is 19.5. The van der Waals surface area contributed by atoms with E-state index in [0.717, 1.165) is 41.5 Å². The molecule has 0 N–H and O–H groups in total. The molecular weight excluding hydrogens is 433 g/mol. The molecule has 176 valence electrons. The van der Waals surface area contributed by atoms with Gasteiger partial charge in [-0.2, -0.15) is 0 Å². The maximum atomic E-state index is 15.1. The maximum Gasteiger partial charge on any atom is 0.159 e. The van der Waals surface area contributed by atoms with Crippen LogP contribution in [0.2, 0.25) is 0 Å². The minimum absolute atomic E-state index is 0.286. The molecule has 0 spiro atoms. The first-order chi connectivity index (χ1) is 16.5. The minimum Gasteiger partial charge on any atom is -0.236 e. The zero-order valence-corrected chi connectivity index (χ0v) is 19.5.